The monoisotopic (exact) mass is 288 g/mol. The second-order valence-corrected chi connectivity index (χ2v) is 4.22. The maximum Gasteiger partial charge on any atom is 0.260 e. The maximum absolute atomic E-state index is 13.6. The van der Waals surface area contributed by atoms with Gasteiger partial charge in [-0.25, -0.2) is 4.39 Å². The highest BCUT2D eigenvalue weighted by Gasteiger charge is 2.13. The zero-order valence-corrected chi connectivity index (χ0v) is 11.3. The number of halogens is 1. The molecule has 2 aromatic rings. The molecule has 6 heteroatoms. The first-order valence-electron chi connectivity index (χ1n) is 6.23. The summed E-state index contributed by atoms with van der Waals surface area (Å²) in [7, 11) is 0. The molecule has 21 heavy (non-hydrogen) atoms. The van der Waals surface area contributed by atoms with Gasteiger partial charge in [0.15, 0.2) is 0 Å². The summed E-state index contributed by atoms with van der Waals surface area (Å²) in [5, 5.41) is 14.8. The van der Waals surface area contributed by atoms with Gasteiger partial charge in [0.2, 0.25) is 0 Å². The number of hydrogen-bond donors (Lipinski definition) is 2. The lowest BCUT2D eigenvalue weighted by atomic mass is 10.1. The van der Waals surface area contributed by atoms with Crippen LogP contribution in [-0.4, -0.2) is 22.8 Å². The maximum atomic E-state index is 13.6. The second kappa shape index (κ2) is 6.68. The van der Waals surface area contributed by atoms with Crippen molar-refractivity contribution >= 4 is 11.6 Å². The van der Waals surface area contributed by atoms with Crippen LogP contribution in [-0.2, 0) is 0 Å². The van der Waals surface area contributed by atoms with Gasteiger partial charge in [-0.1, -0.05) is 17.0 Å². The summed E-state index contributed by atoms with van der Waals surface area (Å²) < 4.78 is 18.4. The minimum Gasteiger partial charge on any atom is -0.395 e. The van der Waals surface area contributed by atoms with Crippen molar-refractivity contribution in [3.8, 4) is 11.8 Å². The summed E-state index contributed by atoms with van der Waals surface area (Å²) in [5.74, 6) is 4.76. The van der Waals surface area contributed by atoms with Gasteiger partial charge < -0.3 is 14.9 Å². The van der Waals surface area contributed by atoms with Gasteiger partial charge in [0.25, 0.3) is 5.91 Å². The molecule has 0 atom stereocenters. The fourth-order valence-electron chi connectivity index (χ4n) is 1.63. The van der Waals surface area contributed by atoms with E-state index in [1.807, 2.05) is 0 Å². The van der Waals surface area contributed by atoms with Crippen LogP contribution in [0, 0.1) is 24.6 Å². The number of aliphatic hydroxyl groups is 1. The summed E-state index contributed by atoms with van der Waals surface area (Å²) in [5.41, 5.74) is 0.880. The molecular formula is C15H13FN2O3. The van der Waals surface area contributed by atoms with E-state index < -0.39 is 11.7 Å². The minimum absolute atomic E-state index is 0.0855. The molecule has 0 saturated carbocycles. The first-order valence-corrected chi connectivity index (χ1v) is 6.23. The van der Waals surface area contributed by atoms with Crippen molar-refractivity contribution in [2.24, 2.45) is 0 Å². The molecule has 0 fully saturated rings. The molecular weight excluding hydrogens is 275 g/mol. The summed E-state index contributed by atoms with van der Waals surface area (Å²) in [6.07, 6.45) is 1.58. The first-order chi connectivity index (χ1) is 10.1. The van der Waals surface area contributed by atoms with E-state index in [0.717, 1.165) is 0 Å². The number of hydrogen-bond acceptors (Lipinski definition) is 4. The predicted octanol–water partition coefficient (Wildman–Crippen LogP) is 2.11. The summed E-state index contributed by atoms with van der Waals surface area (Å²) in [4.78, 5) is 12.0. The van der Waals surface area contributed by atoms with Gasteiger partial charge in [0.05, 0.1) is 18.4 Å². The Morgan fingerprint density at radius 3 is 3.00 bits per heavy atom. The second-order valence-electron chi connectivity index (χ2n) is 4.22. The van der Waals surface area contributed by atoms with Gasteiger partial charge in [-0.2, -0.15) is 0 Å². The number of anilines is 1. The Hall–Kier alpha value is -2.65. The topological polar surface area (TPSA) is 75.4 Å². The van der Waals surface area contributed by atoms with Crippen LogP contribution in [0.5, 0.6) is 0 Å². The lowest BCUT2D eigenvalue weighted by Crippen LogP contribution is -2.12. The summed E-state index contributed by atoms with van der Waals surface area (Å²) in [6.45, 7) is 1.54. The van der Waals surface area contributed by atoms with E-state index >= 15 is 0 Å². The van der Waals surface area contributed by atoms with E-state index in [0.29, 0.717) is 17.0 Å². The van der Waals surface area contributed by atoms with Crippen LogP contribution < -0.4 is 5.32 Å². The van der Waals surface area contributed by atoms with Crippen LogP contribution >= 0.6 is 0 Å². The highest BCUT2D eigenvalue weighted by atomic mass is 19.1. The van der Waals surface area contributed by atoms with Gasteiger partial charge in [0.1, 0.15) is 17.1 Å². The molecule has 2 N–H and O–H groups in total. The Kier molecular flexibility index (Phi) is 4.69. The van der Waals surface area contributed by atoms with Crippen molar-refractivity contribution in [2.45, 2.75) is 13.3 Å². The molecule has 0 aliphatic heterocycles. The molecule has 1 amide bonds. The molecule has 1 aromatic heterocycles. The van der Waals surface area contributed by atoms with E-state index in [2.05, 4.69) is 22.3 Å². The van der Waals surface area contributed by atoms with Crippen LogP contribution in [0.4, 0.5) is 10.1 Å². The van der Waals surface area contributed by atoms with E-state index in [-0.39, 0.29) is 18.6 Å². The van der Waals surface area contributed by atoms with Crippen LogP contribution in [0.25, 0.3) is 0 Å². The lowest BCUT2D eigenvalue weighted by Gasteiger charge is -2.05. The molecule has 1 heterocycles. The third kappa shape index (κ3) is 3.68. The van der Waals surface area contributed by atoms with Gasteiger partial charge >= 0.3 is 0 Å². The van der Waals surface area contributed by atoms with E-state index in [4.69, 9.17) is 9.63 Å². The average Bonchev–Trinajstić information content (AvgIpc) is 2.89. The Morgan fingerprint density at radius 1 is 1.52 bits per heavy atom. The Morgan fingerprint density at radius 2 is 2.33 bits per heavy atom. The number of carbonyl (C=O) groups excluding carboxylic acids is 1. The lowest BCUT2D eigenvalue weighted by molar-refractivity contribution is 0.102. The molecule has 0 spiro atoms. The van der Waals surface area contributed by atoms with Crippen molar-refractivity contribution < 1.29 is 18.8 Å². The highest BCUT2D eigenvalue weighted by Crippen LogP contribution is 2.16. The fraction of sp³-hybridized carbons (Fsp3) is 0.200. The molecule has 0 radical (unpaired) electrons. The minimum atomic E-state index is -0.486. The Labute approximate surface area is 120 Å². The van der Waals surface area contributed by atoms with Gasteiger partial charge in [-0.15, -0.1) is 0 Å². The molecule has 0 saturated heterocycles. The number of aryl methyl sites for hydroxylation is 1. The van der Waals surface area contributed by atoms with Crippen molar-refractivity contribution in [1.29, 1.82) is 0 Å². The number of nitrogens with zero attached hydrogens (tertiary/aromatic N) is 1. The fourth-order valence-corrected chi connectivity index (χ4v) is 1.63. The number of aliphatic hydroxyl groups excluding tert-OH is 1. The van der Waals surface area contributed by atoms with E-state index in [9.17, 15) is 9.18 Å². The first kappa shape index (κ1) is 14.8. The standard InChI is InChI=1S/C15H13FN2O3/c1-10-13(9-17-21-10)15(20)18-12-5-6-14(16)11(8-12)4-2-3-7-19/h5-6,8-9,19H,3,7H2,1H3,(H,18,20). The quantitative estimate of drug-likeness (QED) is 0.848. The molecule has 5 nitrogen and oxygen atoms in total. The smallest absolute Gasteiger partial charge is 0.260 e. The van der Waals surface area contributed by atoms with Crippen molar-refractivity contribution in [1.82, 2.24) is 5.16 Å². The van der Waals surface area contributed by atoms with Gasteiger partial charge in [0, 0.05) is 12.1 Å². The Bertz CT molecular complexity index is 713. The molecule has 108 valence electrons. The SMILES string of the molecule is Cc1oncc1C(=O)Nc1ccc(F)c(C#CCCO)c1. The van der Waals surface area contributed by atoms with E-state index in [1.165, 1.54) is 24.4 Å². The normalized spacial score (nSPS) is 9.86. The van der Waals surface area contributed by atoms with Crippen LogP contribution in [0.15, 0.2) is 28.9 Å². The summed E-state index contributed by atoms with van der Waals surface area (Å²) >= 11 is 0. The number of aromatic nitrogens is 1. The zero-order valence-electron chi connectivity index (χ0n) is 11.3. The molecule has 0 bridgehead atoms. The zero-order chi connectivity index (χ0) is 15.2. The number of amides is 1. The van der Waals surface area contributed by atoms with E-state index in [1.54, 1.807) is 6.92 Å². The van der Waals surface area contributed by atoms with Gasteiger partial charge in [-0.3, -0.25) is 4.79 Å². The molecule has 1 aromatic carbocycles. The number of nitrogens with one attached hydrogen (secondary N) is 1. The van der Waals surface area contributed by atoms with Crippen LogP contribution in [0.1, 0.15) is 28.1 Å². The van der Waals surface area contributed by atoms with Crippen molar-refractivity contribution in [3.05, 3.63) is 47.1 Å². The third-order valence-electron chi connectivity index (χ3n) is 2.68. The molecule has 0 unspecified atom stereocenters. The van der Waals surface area contributed by atoms with Crippen LogP contribution in [0.2, 0.25) is 0 Å². The third-order valence-corrected chi connectivity index (χ3v) is 2.68. The predicted molar refractivity (Wildman–Crippen MR) is 74.2 cm³/mol. The van der Waals surface area contributed by atoms with Gasteiger partial charge in [-0.05, 0) is 25.1 Å². The number of rotatable bonds is 3. The molecule has 2 rings (SSSR count). The number of carbonyl (C=O) groups is 1. The molecule has 0 aliphatic carbocycles. The largest absolute Gasteiger partial charge is 0.395 e. The molecule has 0 aliphatic rings. The van der Waals surface area contributed by atoms with Crippen LogP contribution in [0.3, 0.4) is 0 Å². The average molecular weight is 288 g/mol. The van der Waals surface area contributed by atoms with Crippen molar-refractivity contribution in [3.63, 3.8) is 0 Å². The highest BCUT2D eigenvalue weighted by molar-refractivity contribution is 6.04. The Balaban J connectivity index is 2.18. The number of benzene rings is 1. The summed E-state index contributed by atoms with van der Waals surface area (Å²) in [6, 6.07) is 4.09. The van der Waals surface area contributed by atoms with Crippen molar-refractivity contribution in [2.75, 3.05) is 11.9 Å².